The molecule has 0 bridgehead atoms. The van der Waals surface area contributed by atoms with Gasteiger partial charge >= 0.3 is 15.4 Å². The molecule has 0 saturated heterocycles. The van der Waals surface area contributed by atoms with Crippen molar-refractivity contribution in [3.8, 4) is 0 Å². The monoisotopic (exact) mass is 369 g/mol. The fourth-order valence-corrected chi connectivity index (χ4v) is 4.18. The van der Waals surface area contributed by atoms with Gasteiger partial charge in [0.05, 0.1) is 4.92 Å². The van der Waals surface area contributed by atoms with Gasteiger partial charge in [-0.15, -0.1) is 0 Å². The smallest absolute Gasteiger partial charge is 0.310 e. The molecule has 130 valence electrons. The van der Waals surface area contributed by atoms with Crippen molar-refractivity contribution in [1.29, 1.82) is 0 Å². The molecule has 0 aliphatic carbocycles. The maximum atomic E-state index is 12.6. The molecule has 0 fully saturated rings. The number of rotatable bonds is 9. The van der Waals surface area contributed by atoms with Crippen molar-refractivity contribution in [3.05, 3.63) is 39.9 Å². The lowest BCUT2D eigenvalue weighted by molar-refractivity contribution is -0.384. The minimum absolute atomic E-state index is 0.178. The average molecular weight is 369 g/mol. The third kappa shape index (κ3) is 4.68. The molecule has 0 heterocycles. The fourth-order valence-electron chi connectivity index (χ4n) is 1.61. The quantitative estimate of drug-likeness (QED) is 0.365. The Morgan fingerprint density at radius 1 is 0.957 bits per heavy atom. The molecular formula is C11H17NO9P2. The SMILES string of the molecule is COP(=O)(OC)OC(c1ccc([N+](=O)[O-])cc1)P(=O)(OC)OC. The zero-order valence-electron chi connectivity index (χ0n) is 12.9. The summed E-state index contributed by atoms with van der Waals surface area (Å²) < 4.78 is 49.1. The molecule has 23 heavy (non-hydrogen) atoms. The molecule has 1 unspecified atom stereocenters. The number of non-ortho nitro benzene ring substituents is 1. The molecule has 0 amide bonds. The Morgan fingerprint density at radius 3 is 1.78 bits per heavy atom. The van der Waals surface area contributed by atoms with E-state index in [2.05, 4.69) is 9.05 Å². The van der Waals surface area contributed by atoms with Crippen LogP contribution < -0.4 is 0 Å². The number of phosphoric acid groups is 1. The standard InChI is InChI=1S/C11H17NO9P2/c1-17-22(15,18-2)11(21-23(16,19-3)20-4)9-5-7-10(8-6-9)12(13)14/h5-8,11H,1-4H3. The van der Waals surface area contributed by atoms with E-state index in [0.717, 1.165) is 28.4 Å². The maximum Gasteiger partial charge on any atom is 0.475 e. The van der Waals surface area contributed by atoms with Gasteiger partial charge in [0.15, 0.2) is 5.85 Å². The predicted octanol–water partition coefficient (Wildman–Crippen LogP) is 3.50. The van der Waals surface area contributed by atoms with Crippen LogP contribution in [0.25, 0.3) is 0 Å². The summed E-state index contributed by atoms with van der Waals surface area (Å²) in [6.07, 6.45) is 0. The Labute approximate surface area is 132 Å². The van der Waals surface area contributed by atoms with E-state index in [1.165, 1.54) is 24.3 Å². The summed E-state index contributed by atoms with van der Waals surface area (Å²) >= 11 is 0. The third-order valence-corrected chi connectivity index (χ3v) is 6.39. The molecule has 0 spiro atoms. The molecule has 0 aliphatic rings. The van der Waals surface area contributed by atoms with E-state index in [1.54, 1.807) is 0 Å². The van der Waals surface area contributed by atoms with Crippen LogP contribution in [0.2, 0.25) is 0 Å². The third-order valence-electron chi connectivity index (χ3n) is 2.86. The lowest BCUT2D eigenvalue weighted by Crippen LogP contribution is -2.09. The second-order valence-electron chi connectivity index (χ2n) is 4.02. The zero-order valence-corrected chi connectivity index (χ0v) is 14.7. The van der Waals surface area contributed by atoms with Crippen LogP contribution in [-0.4, -0.2) is 33.4 Å². The first kappa shape index (κ1) is 19.9. The van der Waals surface area contributed by atoms with Gasteiger partial charge in [-0.3, -0.25) is 28.3 Å². The van der Waals surface area contributed by atoms with Gasteiger partial charge in [-0.2, -0.15) is 0 Å². The Kier molecular flexibility index (Phi) is 7.03. The molecule has 1 aromatic carbocycles. The molecule has 10 nitrogen and oxygen atoms in total. The fraction of sp³-hybridized carbons (Fsp3) is 0.455. The van der Waals surface area contributed by atoms with Crippen LogP contribution in [0, 0.1) is 10.1 Å². The van der Waals surface area contributed by atoms with Crippen molar-refractivity contribution in [1.82, 2.24) is 0 Å². The van der Waals surface area contributed by atoms with Crippen molar-refractivity contribution in [2.75, 3.05) is 28.4 Å². The Hall–Kier alpha value is -1.12. The number of benzene rings is 1. The molecule has 0 saturated carbocycles. The van der Waals surface area contributed by atoms with Crippen molar-refractivity contribution in [3.63, 3.8) is 0 Å². The van der Waals surface area contributed by atoms with Crippen molar-refractivity contribution >= 4 is 21.1 Å². The lowest BCUT2D eigenvalue weighted by atomic mass is 10.2. The summed E-state index contributed by atoms with van der Waals surface area (Å²) in [6.45, 7) is 0. The summed E-state index contributed by atoms with van der Waals surface area (Å²) in [4.78, 5) is 10.1. The van der Waals surface area contributed by atoms with Gasteiger partial charge in [0.2, 0.25) is 0 Å². The summed E-state index contributed by atoms with van der Waals surface area (Å²) in [6, 6.07) is 4.91. The van der Waals surface area contributed by atoms with Gasteiger partial charge < -0.3 is 9.05 Å². The van der Waals surface area contributed by atoms with Gasteiger partial charge in [-0.1, -0.05) is 0 Å². The molecule has 0 aromatic heterocycles. The van der Waals surface area contributed by atoms with Crippen LogP contribution in [0.4, 0.5) is 5.69 Å². The molecule has 12 heteroatoms. The van der Waals surface area contributed by atoms with E-state index in [-0.39, 0.29) is 11.3 Å². The van der Waals surface area contributed by atoms with Crippen molar-refractivity contribution < 1.29 is 36.7 Å². The number of hydrogen-bond donors (Lipinski definition) is 0. The highest BCUT2D eigenvalue weighted by molar-refractivity contribution is 7.55. The van der Waals surface area contributed by atoms with Crippen LogP contribution >= 0.6 is 15.4 Å². The highest BCUT2D eigenvalue weighted by Gasteiger charge is 2.43. The average Bonchev–Trinajstić information content (AvgIpc) is 2.58. The van der Waals surface area contributed by atoms with Gasteiger partial charge in [0.25, 0.3) is 5.69 Å². The van der Waals surface area contributed by atoms with Crippen LogP contribution in [0.5, 0.6) is 0 Å². The maximum absolute atomic E-state index is 12.6. The van der Waals surface area contributed by atoms with E-state index in [1.807, 2.05) is 0 Å². The second kappa shape index (κ2) is 8.12. The molecule has 0 radical (unpaired) electrons. The highest BCUT2D eigenvalue weighted by atomic mass is 31.2. The summed E-state index contributed by atoms with van der Waals surface area (Å²) in [5.74, 6) is -1.47. The van der Waals surface area contributed by atoms with E-state index >= 15 is 0 Å². The van der Waals surface area contributed by atoms with Crippen LogP contribution in [0.1, 0.15) is 11.4 Å². The number of hydrogen-bond acceptors (Lipinski definition) is 9. The number of phosphoric ester groups is 1. The topological polar surface area (TPSA) is 123 Å². The minimum atomic E-state index is -4.02. The highest BCUT2D eigenvalue weighted by Crippen LogP contribution is 2.66. The largest absolute Gasteiger partial charge is 0.475 e. The minimum Gasteiger partial charge on any atom is -0.310 e. The summed E-state index contributed by atoms with van der Waals surface area (Å²) in [5, 5.41) is 10.7. The summed E-state index contributed by atoms with van der Waals surface area (Å²) in [7, 11) is -3.51. The van der Waals surface area contributed by atoms with E-state index < -0.39 is 26.2 Å². The van der Waals surface area contributed by atoms with Crippen LogP contribution in [0.3, 0.4) is 0 Å². The summed E-state index contributed by atoms with van der Waals surface area (Å²) in [5.41, 5.74) is -0.00390. The van der Waals surface area contributed by atoms with Crippen molar-refractivity contribution in [2.45, 2.75) is 5.85 Å². The molecule has 0 aliphatic heterocycles. The van der Waals surface area contributed by atoms with Gasteiger partial charge in [0.1, 0.15) is 0 Å². The Morgan fingerprint density at radius 2 is 1.43 bits per heavy atom. The first-order chi connectivity index (χ1) is 10.7. The normalized spacial score (nSPS) is 13.7. The lowest BCUT2D eigenvalue weighted by Gasteiger charge is -2.26. The zero-order chi connectivity index (χ0) is 17.7. The van der Waals surface area contributed by atoms with E-state index in [0.29, 0.717) is 0 Å². The Bertz CT molecular complexity index is 617. The molecule has 1 atom stereocenters. The van der Waals surface area contributed by atoms with Crippen LogP contribution in [0.15, 0.2) is 24.3 Å². The van der Waals surface area contributed by atoms with E-state index in [9.17, 15) is 19.2 Å². The van der Waals surface area contributed by atoms with Gasteiger partial charge in [-0.25, -0.2) is 4.57 Å². The number of nitro groups is 1. The van der Waals surface area contributed by atoms with E-state index in [4.69, 9.17) is 13.6 Å². The first-order valence-electron chi connectivity index (χ1n) is 6.10. The molecule has 1 aromatic rings. The molecular weight excluding hydrogens is 352 g/mol. The number of nitrogens with zero attached hydrogens (tertiary/aromatic N) is 1. The van der Waals surface area contributed by atoms with Crippen LogP contribution in [-0.2, 0) is 31.7 Å². The molecule has 1 rings (SSSR count). The predicted molar refractivity (Wildman–Crippen MR) is 80.2 cm³/mol. The van der Waals surface area contributed by atoms with Gasteiger partial charge in [0, 0.05) is 40.6 Å². The first-order valence-corrected chi connectivity index (χ1v) is 9.18. The second-order valence-corrected chi connectivity index (χ2v) is 8.14. The Balaban J connectivity index is 3.31. The van der Waals surface area contributed by atoms with Gasteiger partial charge in [-0.05, 0) is 17.7 Å². The molecule has 0 N–H and O–H groups in total. The van der Waals surface area contributed by atoms with Crippen molar-refractivity contribution in [2.24, 2.45) is 0 Å². The number of nitro benzene ring substituents is 1.